The van der Waals surface area contributed by atoms with Gasteiger partial charge in [0.05, 0.1) is 0 Å². The van der Waals surface area contributed by atoms with Crippen molar-refractivity contribution >= 4 is 35.2 Å². The molecule has 1 aromatic carbocycles. The van der Waals surface area contributed by atoms with E-state index in [1.165, 1.54) is 4.88 Å². The normalized spacial score (nSPS) is 11.6. The summed E-state index contributed by atoms with van der Waals surface area (Å²) in [5, 5.41) is 2.76. The second-order valence-electron chi connectivity index (χ2n) is 3.13. The SMILES string of the molecule is Clc1ccccc1C=N/C=C/c1cccs1. The van der Waals surface area contributed by atoms with Gasteiger partial charge in [-0.15, -0.1) is 11.3 Å². The van der Waals surface area contributed by atoms with E-state index in [0.717, 1.165) is 10.6 Å². The van der Waals surface area contributed by atoms with E-state index in [1.54, 1.807) is 23.8 Å². The molecule has 1 aromatic heterocycles. The smallest absolute Gasteiger partial charge is 0.0493 e. The zero-order valence-corrected chi connectivity index (χ0v) is 10.1. The predicted molar refractivity (Wildman–Crippen MR) is 72.4 cm³/mol. The van der Waals surface area contributed by atoms with Crippen LogP contribution in [0.5, 0.6) is 0 Å². The number of thiophene rings is 1. The van der Waals surface area contributed by atoms with Crippen LogP contribution in [0.3, 0.4) is 0 Å². The first-order valence-electron chi connectivity index (χ1n) is 4.84. The maximum atomic E-state index is 5.99. The van der Waals surface area contributed by atoms with Crippen LogP contribution in [0, 0.1) is 0 Å². The molecule has 0 aliphatic heterocycles. The van der Waals surface area contributed by atoms with Gasteiger partial charge in [-0.05, 0) is 23.6 Å². The number of nitrogens with zero attached hydrogens (tertiary/aromatic N) is 1. The highest BCUT2D eigenvalue weighted by molar-refractivity contribution is 7.10. The van der Waals surface area contributed by atoms with E-state index >= 15 is 0 Å². The lowest BCUT2D eigenvalue weighted by Gasteiger charge is -1.93. The Morgan fingerprint density at radius 1 is 1.12 bits per heavy atom. The first-order valence-corrected chi connectivity index (χ1v) is 6.10. The van der Waals surface area contributed by atoms with Crippen LogP contribution in [0.25, 0.3) is 6.08 Å². The van der Waals surface area contributed by atoms with Gasteiger partial charge in [0.2, 0.25) is 0 Å². The van der Waals surface area contributed by atoms with Crippen molar-refractivity contribution in [2.75, 3.05) is 0 Å². The Bertz CT molecular complexity index is 500. The number of hydrogen-bond acceptors (Lipinski definition) is 2. The Hall–Kier alpha value is -1.38. The number of aliphatic imine (C=N–C) groups is 1. The summed E-state index contributed by atoms with van der Waals surface area (Å²) in [5.74, 6) is 0. The molecule has 0 unspecified atom stereocenters. The lowest BCUT2D eigenvalue weighted by Crippen LogP contribution is -1.80. The lowest BCUT2D eigenvalue weighted by molar-refractivity contribution is 1.58. The fourth-order valence-electron chi connectivity index (χ4n) is 1.21. The summed E-state index contributed by atoms with van der Waals surface area (Å²) in [6.45, 7) is 0. The van der Waals surface area contributed by atoms with Gasteiger partial charge >= 0.3 is 0 Å². The highest BCUT2D eigenvalue weighted by Crippen LogP contribution is 2.13. The van der Waals surface area contributed by atoms with Crippen molar-refractivity contribution in [3.05, 3.63) is 63.4 Å². The minimum Gasteiger partial charge on any atom is -0.264 e. The summed E-state index contributed by atoms with van der Waals surface area (Å²) in [4.78, 5) is 5.39. The van der Waals surface area contributed by atoms with E-state index < -0.39 is 0 Å². The van der Waals surface area contributed by atoms with E-state index in [0.29, 0.717) is 0 Å². The van der Waals surface area contributed by atoms with Crippen LogP contribution in [-0.2, 0) is 0 Å². The predicted octanol–water partition coefficient (Wildman–Crippen LogP) is 4.49. The zero-order valence-electron chi connectivity index (χ0n) is 8.51. The van der Waals surface area contributed by atoms with Crippen LogP contribution in [0.1, 0.15) is 10.4 Å². The molecule has 0 saturated carbocycles. The van der Waals surface area contributed by atoms with Gasteiger partial charge in [0.15, 0.2) is 0 Å². The summed E-state index contributed by atoms with van der Waals surface area (Å²) < 4.78 is 0. The van der Waals surface area contributed by atoms with Gasteiger partial charge in [-0.3, -0.25) is 4.99 Å². The third-order valence-electron chi connectivity index (χ3n) is 1.99. The van der Waals surface area contributed by atoms with Crippen LogP contribution in [0.2, 0.25) is 5.02 Å². The summed E-state index contributed by atoms with van der Waals surface area (Å²) in [7, 11) is 0. The molecule has 0 spiro atoms. The molecule has 1 nitrogen and oxygen atoms in total. The van der Waals surface area contributed by atoms with Crippen LogP contribution in [-0.4, -0.2) is 6.21 Å². The largest absolute Gasteiger partial charge is 0.264 e. The third-order valence-corrected chi connectivity index (χ3v) is 3.17. The first kappa shape index (κ1) is 11.1. The van der Waals surface area contributed by atoms with Gasteiger partial charge < -0.3 is 0 Å². The van der Waals surface area contributed by atoms with Crippen molar-refractivity contribution in [1.82, 2.24) is 0 Å². The molecule has 2 rings (SSSR count). The molecular weight excluding hydrogens is 238 g/mol. The standard InChI is InChI=1S/C13H10ClNS/c14-13-6-2-1-4-11(13)10-15-8-7-12-5-3-9-16-12/h1-10H/b8-7+,15-10?. The van der Waals surface area contributed by atoms with Crippen molar-refractivity contribution in [2.24, 2.45) is 4.99 Å². The maximum Gasteiger partial charge on any atom is 0.0493 e. The summed E-state index contributed by atoms with van der Waals surface area (Å²) in [5.41, 5.74) is 0.931. The monoisotopic (exact) mass is 247 g/mol. The molecule has 0 radical (unpaired) electrons. The van der Waals surface area contributed by atoms with Crippen LogP contribution >= 0.6 is 22.9 Å². The van der Waals surface area contributed by atoms with Crippen molar-refractivity contribution < 1.29 is 0 Å². The molecule has 0 aliphatic carbocycles. The molecule has 0 amide bonds. The number of halogens is 1. The Labute approximate surface area is 104 Å². The van der Waals surface area contributed by atoms with Gasteiger partial charge in [0.25, 0.3) is 0 Å². The molecule has 0 aliphatic rings. The average Bonchev–Trinajstić information content (AvgIpc) is 2.79. The number of benzene rings is 1. The average molecular weight is 248 g/mol. The van der Waals surface area contributed by atoms with Crippen LogP contribution in [0.4, 0.5) is 0 Å². The Morgan fingerprint density at radius 3 is 2.75 bits per heavy atom. The van der Waals surface area contributed by atoms with Crippen molar-refractivity contribution in [3.8, 4) is 0 Å². The van der Waals surface area contributed by atoms with Crippen LogP contribution in [0.15, 0.2) is 53.0 Å². The molecule has 1 heterocycles. The molecule has 0 bridgehead atoms. The fourth-order valence-corrected chi connectivity index (χ4v) is 2.00. The second kappa shape index (κ2) is 5.64. The lowest BCUT2D eigenvalue weighted by atomic mass is 10.2. The number of rotatable bonds is 3. The topological polar surface area (TPSA) is 12.4 Å². The summed E-state index contributed by atoms with van der Waals surface area (Å²) in [6, 6.07) is 11.7. The molecule has 16 heavy (non-hydrogen) atoms. The molecule has 80 valence electrons. The maximum absolute atomic E-state index is 5.99. The summed E-state index contributed by atoms with van der Waals surface area (Å²) >= 11 is 7.68. The van der Waals surface area contributed by atoms with E-state index in [9.17, 15) is 0 Å². The second-order valence-corrected chi connectivity index (χ2v) is 4.52. The first-order chi connectivity index (χ1) is 7.86. The van der Waals surface area contributed by atoms with Gasteiger partial charge in [-0.1, -0.05) is 35.9 Å². The zero-order chi connectivity index (χ0) is 11.2. The van der Waals surface area contributed by atoms with E-state index in [1.807, 2.05) is 47.9 Å². The third kappa shape index (κ3) is 3.05. The van der Waals surface area contributed by atoms with E-state index in [-0.39, 0.29) is 0 Å². The minimum absolute atomic E-state index is 0.718. The highest BCUT2D eigenvalue weighted by Gasteiger charge is 1.92. The molecule has 0 fully saturated rings. The fraction of sp³-hybridized carbons (Fsp3) is 0. The molecule has 0 saturated heterocycles. The Balaban J connectivity index is 2.03. The van der Waals surface area contributed by atoms with E-state index in [4.69, 9.17) is 11.6 Å². The van der Waals surface area contributed by atoms with Crippen LogP contribution < -0.4 is 0 Å². The highest BCUT2D eigenvalue weighted by atomic mass is 35.5. The van der Waals surface area contributed by atoms with Gasteiger partial charge in [-0.25, -0.2) is 0 Å². The minimum atomic E-state index is 0.718. The molecular formula is C13H10ClNS. The van der Waals surface area contributed by atoms with Crippen molar-refractivity contribution in [3.63, 3.8) is 0 Å². The molecule has 0 atom stereocenters. The van der Waals surface area contributed by atoms with Gasteiger partial charge in [0, 0.05) is 27.9 Å². The summed E-state index contributed by atoms with van der Waals surface area (Å²) in [6.07, 6.45) is 5.50. The molecule has 0 N–H and O–H groups in total. The van der Waals surface area contributed by atoms with Gasteiger partial charge in [0.1, 0.15) is 0 Å². The van der Waals surface area contributed by atoms with E-state index in [2.05, 4.69) is 4.99 Å². The Morgan fingerprint density at radius 2 is 2.00 bits per heavy atom. The quantitative estimate of drug-likeness (QED) is 0.709. The van der Waals surface area contributed by atoms with Crippen molar-refractivity contribution in [2.45, 2.75) is 0 Å². The molecule has 3 heteroatoms. The Kier molecular flexibility index (Phi) is 3.91. The molecule has 2 aromatic rings. The van der Waals surface area contributed by atoms with Gasteiger partial charge in [-0.2, -0.15) is 0 Å². The van der Waals surface area contributed by atoms with Crippen molar-refractivity contribution in [1.29, 1.82) is 0 Å². The number of hydrogen-bond donors (Lipinski definition) is 0.